The summed E-state index contributed by atoms with van der Waals surface area (Å²) in [5, 5.41) is 8.76. The SMILES string of the molecule is Cc1ccc(-n2nc(-c3ccc(-c4ccccc4)cc3)c3c2NCCCC3)cc1C. The molecular formula is C27H27N3. The van der Waals surface area contributed by atoms with E-state index < -0.39 is 0 Å². The van der Waals surface area contributed by atoms with E-state index in [1.807, 2.05) is 0 Å². The van der Waals surface area contributed by atoms with Gasteiger partial charge in [-0.25, -0.2) is 4.68 Å². The van der Waals surface area contributed by atoms with Gasteiger partial charge >= 0.3 is 0 Å². The van der Waals surface area contributed by atoms with Gasteiger partial charge in [0.25, 0.3) is 0 Å². The van der Waals surface area contributed by atoms with Gasteiger partial charge in [0.05, 0.1) is 11.4 Å². The maximum Gasteiger partial charge on any atom is 0.133 e. The molecule has 150 valence electrons. The second kappa shape index (κ2) is 7.83. The second-order valence-electron chi connectivity index (χ2n) is 8.18. The fourth-order valence-electron chi connectivity index (χ4n) is 4.23. The van der Waals surface area contributed by atoms with Crippen molar-refractivity contribution in [3.8, 4) is 28.1 Å². The first-order valence-corrected chi connectivity index (χ1v) is 10.8. The van der Waals surface area contributed by atoms with E-state index in [9.17, 15) is 0 Å². The summed E-state index contributed by atoms with van der Waals surface area (Å²) in [5.74, 6) is 1.15. The van der Waals surface area contributed by atoms with Gasteiger partial charge in [-0.05, 0) is 67.5 Å². The van der Waals surface area contributed by atoms with Crippen molar-refractivity contribution in [1.29, 1.82) is 0 Å². The Bertz CT molecular complexity index is 1170. The Morgan fingerprint density at radius 2 is 1.50 bits per heavy atom. The number of fused-ring (bicyclic) bond motifs is 1. The fraction of sp³-hybridized carbons (Fsp3) is 0.222. The zero-order valence-electron chi connectivity index (χ0n) is 17.7. The molecule has 0 unspecified atom stereocenters. The van der Waals surface area contributed by atoms with Crippen molar-refractivity contribution in [3.05, 3.63) is 89.5 Å². The van der Waals surface area contributed by atoms with E-state index in [0.717, 1.165) is 30.2 Å². The van der Waals surface area contributed by atoms with E-state index in [0.29, 0.717) is 0 Å². The van der Waals surface area contributed by atoms with Crippen LogP contribution < -0.4 is 5.32 Å². The lowest BCUT2D eigenvalue weighted by Gasteiger charge is -2.10. The van der Waals surface area contributed by atoms with Crippen LogP contribution in [0.25, 0.3) is 28.1 Å². The van der Waals surface area contributed by atoms with Crippen LogP contribution in [-0.2, 0) is 6.42 Å². The largest absolute Gasteiger partial charge is 0.370 e. The summed E-state index contributed by atoms with van der Waals surface area (Å²) in [6.45, 7) is 5.31. The zero-order chi connectivity index (χ0) is 20.5. The van der Waals surface area contributed by atoms with Crippen LogP contribution >= 0.6 is 0 Å². The van der Waals surface area contributed by atoms with Gasteiger partial charge in [-0.3, -0.25) is 0 Å². The number of benzene rings is 3. The lowest BCUT2D eigenvalue weighted by atomic mass is 10.00. The number of hydrogen-bond donors (Lipinski definition) is 1. The van der Waals surface area contributed by atoms with Gasteiger partial charge in [-0.1, -0.05) is 60.7 Å². The highest BCUT2D eigenvalue weighted by atomic mass is 15.3. The molecule has 4 aromatic rings. The number of nitrogens with zero attached hydrogens (tertiary/aromatic N) is 2. The Kier molecular flexibility index (Phi) is 4.88. The first-order valence-electron chi connectivity index (χ1n) is 10.8. The number of aryl methyl sites for hydroxylation is 2. The standard InChI is InChI=1S/C27H27N3/c1-19-11-16-24(18-20(19)2)30-27-25(10-6-7-17-28-27)26(29-30)23-14-12-22(13-15-23)21-8-4-3-5-9-21/h3-5,8-9,11-16,18,28H,6-7,10,17H2,1-2H3. The molecule has 1 N–H and O–H groups in total. The molecule has 0 fully saturated rings. The molecule has 3 heteroatoms. The molecule has 0 bridgehead atoms. The highest BCUT2D eigenvalue weighted by Crippen LogP contribution is 2.35. The van der Waals surface area contributed by atoms with Crippen molar-refractivity contribution in [3.63, 3.8) is 0 Å². The quantitative estimate of drug-likeness (QED) is 0.426. The lowest BCUT2D eigenvalue weighted by Crippen LogP contribution is -2.07. The van der Waals surface area contributed by atoms with E-state index in [2.05, 4.69) is 96.6 Å². The van der Waals surface area contributed by atoms with Gasteiger partial charge in [-0.2, -0.15) is 5.10 Å². The van der Waals surface area contributed by atoms with Gasteiger partial charge in [0.2, 0.25) is 0 Å². The minimum Gasteiger partial charge on any atom is -0.370 e. The summed E-state index contributed by atoms with van der Waals surface area (Å²) < 4.78 is 2.10. The van der Waals surface area contributed by atoms with E-state index in [-0.39, 0.29) is 0 Å². The van der Waals surface area contributed by atoms with Crippen LogP contribution in [0, 0.1) is 13.8 Å². The molecule has 3 nitrogen and oxygen atoms in total. The van der Waals surface area contributed by atoms with Crippen molar-refractivity contribution in [1.82, 2.24) is 9.78 Å². The third-order valence-electron chi connectivity index (χ3n) is 6.13. The first-order chi connectivity index (χ1) is 14.7. The molecule has 0 aliphatic carbocycles. The Morgan fingerprint density at radius 1 is 0.767 bits per heavy atom. The van der Waals surface area contributed by atoms with Crippen molar-refractivity contribution in [2.24, 2.45) is 0 Å². The third kappa shape index (κ3) is 3.41. The molecule has 3 aromatic carbocycles. The van der Waals surface area contributed by atoms with Crippen molar-refractivity contribution in [2.75, 3.05) is 11.9 Å². The molecule has 0 radical (unpaired) electrons. The van der Waals surface area contributed by atoms with Gasteiger partial charge in [-0.15, -0.1) is 0 Å². The number of rotatable bonds is 3. The normalized spacial score (nSPS) is 13.4. The Balaban J connectivity index is 1.60. The summed E-state index contributed by atoms with van der Waals surface area (Å²) in [5.41, 5.74) is 9.80. The molecule has 0 spiro atoms. The predicted octanol–water partition coefficient (Wildman–Crippen LogP) is 6.57. The maximum absolute atomic E-state index is 5.10. The molecule has 1 aliphatic rings. The summed E-state index contributed by atoms with van der Waals surface area (Å²) in [6.07, 6.45) is 3.44. The van der Waals surface area contributed by atoms with Crippen LogP contribution in [-0.4, -0.2) is 16.3 Å². The van der Waals surface area contributed by atoms with Crippen LogP contribution in [0.1, 0.15) is 29.5 Å². The van der Waals surface area contributed by atoms with Gasteiger partial charge < -0.3 is 5.32 Å². The molecule has 1 aliphatic heterocycles. The molecule has 30 heavy (non-hydrogen) atoms. The molecule has 1 aromatic heterocycles. The second-order valence-corrected chi connectivity index (χ2v) is 8.18. The fourth-order valence-corrected chi connectivity index (χ4v) is 4.23. The molecule has 5 rings (SSSR count). The van der Waals surface area contributed by atoms with Crippen LogP contribution in [0.3, 0.4) is 0 Å². The summed E-state index contributed by atoms with van der Waals surface area (Å²) in [7, 11) is 0. The minimum atomic E-state index is 0.996. The zero-order valence-corrected chi connectivity index (χ0v) is 17.7. The van der Waals surface area contributed by atoms with E-state index in [1.165, 1.54) is 46.2 Å². The Labute approximate surface area is 178 Å². The number of aromatic nitrogens is 2. The molecule has 0 saturated heterocycles. The highest BCUT2D eigenvalue weighted by Gasteiger charge is 2.21. The number of anilines is 1. The van der Waals surface area contributed by atoms with Crippen molar-refractivity contribution in [2.45, 2.75) is 33.1 Å². The average molecular weight is 394 g/mol. The van der Waals surface area contributed by atoms with E-state index in [4.69, 9.17) is 5.10 Å². The van der Waals surface area contributed by atoms with Crippen LogP contribution in [0.2, 0.25) is 0 Å². The number of hydrogen-bond acceptors (Lipinski definition) is 2. The maximum atomic E-state index is 5.10. The summed E-state index contributed by atoms with van der Waals surface area (Å²) >= 11 is 0. The number of nitrogens with one attached hydrogen (secondary N) is 1. The first kappa shape index (κ1) is 18.7. The van der Waals surface area contributed by atoms with E-state index >= 15 is 0 Å². The summed E-state index contributed by atoms with van der Waals surface area (Å²) in [6, 6.07) is 25.9. The Morgan fingerprint density at radius 3 is 2.27 bits per heavy atom. The molecule has 0 amide bonds. The van der Waals surface area contributed by atoms with Crippen LogP contribution in [0.15, 0.2) is 72.8 Å². The topological polar surface area (TPSA) is 29.9 Å². The molecule has 0 atom stereocenters. The van der Waals surface area contributed by atoms with Gasteiger partial charge in [0, 0.05) is 17.7 Å². The lowest BCUT2D eigenvalue weighted by molar-refractivity contribution is 0.780. The minimum absolute atomic E-state index is 0.996. The van der Waals surface area contributed by atoms with Crippen LogP contribution in [0.4, 0.5) is 5.82 Å². The highest BCUT2D eigenvalue weighted by molar-refractivity contribution is 5.74. The van der Waals surface area contributed by atoms with Crippen LogP contribution in [0.5, 0.6) is 0 Å². The molecule has 2 heterocycles. The van der Waals surface area contributed by atoms with E-state index in [1.54, 1.807) is 0 Å². The Hall–Kier alpha value is -3.33. The van der Waals surface area contributed by atoms with Crippen molar-refractivity contribution < 1.29 is 0 Å². The van der Waals surface area contributed by atoms with Gasteiger partial charge in [0.1, 0.15) is 5.82 Å². The smallest absolute Gasteiger partial charge is 0.133 e. The monoisotopic (exact) mass is 393 g/mol. The predicted molar refractivity (Wildman–Crippen MR) is 125 cm³/mol. The third-order valence-corrected chi connectivity index (χ3v) is 6.13. The van der Waals surface area contributed by atoms with Gasteiger partial charge in [0.15, 0.2) is 0 Å². The molecule has 0 saturated carbocycles. The summed E-state index contributed by atoms with van der Waals surface area (Å²) in [4.78, 5) is 0. The average Bonchev–Trinajstić information content (AvgIpc) is 2.97. The molecular weight excluding hydrogens is 366 g/mol. The van der Waals surface area contributed by atoms with Crippen molar-refractivity contribution >= 4 is 5.82 Å².